The first-order chi connectivity index (χ1) is 5.74. The van der Waals surface area contributed by atoms with E-state index in [0.717, 1.165) is 17.8 Å². The molecule has 0 heterocycles. The van der Waals surface area contributed by atoms with Crippen LogP contribution in [0.5, 0.6) is 0 Å². The zero-order chi connectivity index (χ0) is 8.97. The summed E-state index contributed by atoms with van der Waals surface area (Å²) in [5.74, 6) is 2.88. The van der Waals surface area contributed by atoms with Crippen LogP contribution in [0.1, 0.15) is 39.5 Å². The summed E-state index contributed by atoms with van der Waals surface area (Å²) in [6, 6.07) is 0. The minimum Gasteiger partial charge on any atom is -0.319 e. The van der Waals surface area contributed by atoms with E-state index in [-0.39, 0.29) is 0 Å². The Morgan fingerprint density at radius 3 is 2.17 bits per heavy atom. The summed E-state index contributed by atoms with van der Waals surface area (Å²) in [5.41, 5.74) is 0. The molecule has 1 nitrogen and oxygen atoms in total. The van der Waals surface area contributed by atoms with Gasteiger partial charge in [0.25, 0.3) is 0 Å². The molecule has 12 heavy (non-hydrogen) atoms. The minimum atomic E-state index is 0.903. The van der Waals surface area contributed by atoms with Gasteiger partial charge in [-0.3, -0.25) is 0 Å². The highest BCUT2D eigenvalue weighted by atomic mass is 14.8. The molecule has 0 aromatic carbocycles. The van der Waals surface area contributed by atoms with E-state index in [4.69, 9.17) is 0 Å². The van der Waals surface area contributed by atoms with Crippen LogP contribution >= 0.6 is 0 Å². The van der Waals surface area contributed by atoms with Crippen molar-refractivity contribution in [3.63, 3.8) is 0 Å². The minimum absolute atomic E-state index is 0.903. The predicted molar refractivity (Wildman–Crippen MR) is 54.2 cm³/mol. The second-order valence-electron chi connectivity index (χ2n) is 4.58. The molecular formula is C11H23N. The smallest absolute Gasteiger partial charge is 0.00235 e. The van der Waals surface area contributed by atoms with Crippen LogP contribution in [0.15, 0.2) is 0 Å². The number of hydrogen-bond donors (Lipinski definition) is 1. The second-order valence-corrected chi connectivity index (χ2v) is 4.58. The molecule has 1 heteroatoms. The molecule has 72 valence electrons. The maximum absolute atomic E-state index is 3.28. The first-order valence-corrected chi connectivity index (χ1v) is 5.38. The van der Waals surface area contributed by atoms with Crippen molar-refractivity contribution in [2.75, 3.05) is 13.6 Å². The van der Waals surface area contributed by atoms with Crippen LogP contribution in [0.3, 0.4) is 0 Å². The topological polar surface area (TPSA) is 12.0 Å². The summed E-state index contributed by atoms with van der Waals surface area (Å²) in [6.45, 7) is 5.96. The Kier molecular flexibility index (Phi) is 4.07. The summed E-state index contributed by atoms with van der Waals surface area (Å²) in [7, 11) is 2.06. The van der Waals surface area contributed by atoms with Gasteiger partial charge in [-0.2, -0.15) is 0 Å². The maximum atomic E-state index is 3.28. The molecule has 1 aliphatic rings. The Labute approximate surface area is 76.9 Å². The highest BCUT2D eigenvalue weighted by Gasteiger charge is 2.22. The highest BCUT2D eigenvalue weighted by Crippen LogP contribution is 2.32. The third kappa shape index (κ3) is 2.78. The lowest BCUT2D eigenvalue weighted by Crippen LogP contribution is -2.25. The van der Waals surface area contributed by atoms with Crippen LogP contribution in [0.25, 0.3) is 0 Å². The van der Waals surface area contributed by atoms with Gasteiger partial charge in [0.1, 0.15) is 0 Å². The maximum Gasteiger partial charge on any atom is -0.00235 e. The van der Waals surface area contributed by atoms with Gasteiger partial charge in [0.2, 0.25) is 0 Å². The van der Waals surface area contributed by atoms with E-state index in [9.17, 15) is 0 Å². The van der Waals surface area contributed by atoms with Crippen molar-refractivity contribution in [1.82, 2.24) is 5.32 Å². The van der Waals surface area contributed by atoms with Crippen molar-refractivity contribution in [2.45, 2.75) is 39.5 Å². The fourth-order valence-corrected chi connectivity index (χ4v) is 2.35. The van der Waals surface area contributed by atoms with E-state index in [1.165, 1.54) is 32.2 Å². The molecular weight excluding hydrogens is 146 g/mol. The molecule has 1 fully saturated rings. The van der Waals surface area contributed by atoms with E-state index in [2.05, 4.69) is 26.2 Å². The molecule has 0 spiro atoms. The molecule has 0 bridgehead atoms. The molecule has 1 rings (SSSR count). The van der Waals surface area contributed by atoms with Gasteiger partial charge in [-0.1, -0.05) is 13.8 Å². The zero-order valence-corrected chi connectivity index (χ0v) is 8.77. The standard InChI is InChI=1S/C11H23N/c1-9(2)11-6-4-10(5-7-11)8-12-3/h9-12H,4-8H2,1-3H3. The van der Waals surface area contributed by atoms with Gasteiger partial charge >= 0.3 is 0 Å². The fraction of sp³-hybridized carbons (Fsp3) is 1.00. The Balaban J connectivity index is 2.20. The normalized spacial score (nSPS) is 31.0. The molecule has 0 aromatic rings. The van der Waals surface area contributed by atoms with Gasteiger partial charge in [-0.25, -0.2) is 0 Å². The van der Waals surface area contributed by atoms with Crippen LogP contribution < -0.4 is 5.32 Å². The van der Waals surface area contributed by atoms with Crippen LogP contribution in [0.4, 0.5) is 0 Å². The van der Waals surface area contributed by atoms with Gasteiger partial charge in [0.05, 0.1) is 0 Å². The lowest BCUT2D eigenvalue weighted by atomic mass is 9.77. The van der Waals surface area contributed by atoms with Crippen molar-refractivity contribution in [2.24, 2.45) is 17.8 Å². The molecule has 0 amide bonds. The van der Waals surface area contributed by atoms with Crippen LogP contribution in [-0.2, 0) is 0 Å². The molecule has 0 saturated heterocycles. The summed E-state index contributed by atoms with van der Waals surface area (Å²) in [5, 5.41) is 3.28. The number of nitrogens with one attached hydrogen (secondary N) is 1. The van der Waals surface area contributed by atoms with E-state index >= 15 is 0 Å². The number of hydrogen-bond acceptors (Lipinski definition) is 1. The van der Waals surface area contributed by atoms with Crippen molar-refractivity contribution in [3.05, 3.63) is 0 Å². The van der Waals surface area contributed by atoms with Gasteiger partial charge in [-0.05, 0) is 57.0 Å². The molecule has 0 radical (unpaired) electrons. The summed E-state index contributed by atoms with van der Waals surface area (Å²) >= 11 is 0. The summed E-state index contributed by atoms with van der Waals surface area (Å²) < 4.78 is 0. The average molecular weight is 169 g/mol. The fourth-order valence-electron chi connectivity index (χ4n) is 2.35. The third-order valence-electron chi connectivity index (χ3n) is 3.33. The molecule has 0 aromatic heterocycles. The first-order valence-electron chi connectivity index (χ1n) is 5.38. The first kappa shape index (κ1) is 10.0. The van der Waals surface area contributed by atoms with Crippen molar-refractivity contribution in [3.8, 4) is 0 Å². The van der Waals surface area contributed by atoms with Gasteiger partial charge < -0.3 is 5.32 Å². The van der Waals surface area contributed by atoms with Crippen LogP contribution in [0, 0.1) is 17.8 Å². The molecule has 0 aliphatic heterocycles. The highest BCUT2D eigenvalue weighted by molar-refractivity contribution is 4.75. The van der Waals surface area contributed by atoms with E-state index in [1.807, 2.05) is 0 Å². The van der Waals surface area contributed by atoms with E-state index in [1.54, 1.807) is 0 Å². The number of rotatable bonds is 3. The monoisotopic (exact) mass is 169 g/mol. The van der Waals surface area contributed by atoms with Gasteiger partial charge in [-0.15, -0.1) is 0 Å². The zero-order valence-electron chi connectivity index (χ0n) is 8.77. The summed E-state index contributed by atoms with van der Waals surface area (Å²) in [4.78, 5) is 0. The Morgan fingerprint density at radius 1 is 1.17 bits per heavy atom. The van der Waals surface area contributed by atoms with Gasteiger partial charge in [0.15, 0.2) is 0 Å². The van der Waals surface area contributed by atoms with E-state index in [0.29, 0.717) is 0 Å². The lowest BCUT2D eigenvalue weighted by Gasteiger charge is -2.30. The van der Waals surface area contributed by atoms with Crippen molar-refractivity contribution >= 4 is 0 Å². The molecule has 1 saturated carbocycles. The Morgan fingerprint density at radius 2 is 1.75 bits per heavy atom. The molecule has 0 unspecified atom stereocenters. The SMILES string of the molecule is CNCC1CCC(C(C)C)CC1. The Hall–Kier alpha value is -0.0400. The van der Waals surface area contributed by atoms with Crippen LogP contribution in [-0.4, -0.2) is 13.6 Å². The third-order valence-corrected chi connectivity index (χ3v) is 3.33. The quantitative estimate of drug-likeness (QED) is 0.685. The largest absolute Gasteiger partial charge is 0.319 e. The van der Waals surface area contributed by atoms with E-state index < -0.39 is 0 Å². The van der Waals surface area contributed by atoms with Crippen LogP contribution in [0.2, 0.25) is 0 Å². The summed E-state index contributed by atoms with van der Waals surface area (Å²) in [6.07, 6.45) is 5.82. The Bertz CT molecular complexity index is 112. The van der Waals surface area contributed by atoms with Gasteiger partial charge in [0, 0.05) is 0 Å². The lowest BCUT2D eigenvalue weighted by molar-refractivity contribution is 0.222. The molecule has 1 aliphatic carbocycles. The average Bonchev–Trinajstić information content (AvgIpc) is 2.06. The van der Waals surface area contributed by atoms with Crippen molar-refractivity contribution < 1.29 is 0 Å². The molecule has 1 N–H and O–H groups in total. The molecule has 0 atom stereocenters. The predicted octanol–water partition coefficient (Wildman–Crippen LogP) is 2.67. The van der Waals surface area contributed by atoms with Crippen molar-refractivity contribution in [1.29, 1.82) is 0 Å². The second kappa shape index (κ2) is 4.86.